The second-order valence-corrected chi connectivity index (χ2v) is 6.85. The molecule has 9 heteroatoms. The molecule has 0 saturated carbocycles. The molecular formula is C16H34IN5O3. The second-order valence-electron chi connectivity index (χ2n) is 6.85. The van der Waals surface area contributed by atoms with E-state index in [4.69, 9.17) is 15.2 Å². The molecule has 0 bridgehead atoms. The summed E-state index contributed by atoms with van der Waals surface area (Å²) < 4.78 is 10.3. The van der Waals surface area contributed by atoms with Gasteiger partial charge in [0.05, 0.1) is 6.61 Å². The van der Waals surface area contributed by atoms with Gasteiger partial charge < -0.3 is 25.4 Å². The second kappa shape index (κ2) is 12.5. The number of hydrogen-bond donors (Lipinski definition) is 2. The number of rotatable bonds is 7. The number of piperazine rings is 1. The molecule has 0 aromatic rings. The number of hydrogen-bond acceptors (Lipinski definition) is 5. The molecule has 1 saturated heterocycles. The van der Waals surface area contributed by atoms with Gasteiger partial charge in [0, 0.05) is 52.9 Å². The zero-order valence-corrected chi connectivity index (χ0v) is 18.2. The summed E-state index contributed by atoms with van der Waals surface area (Å²) >= 11 is 0. The maximum atomic E-state index is 12.0. The molecule has 0 aromatic carbocycles. The summed E-state index contributed by atoms with van der Waals surface area (Å²) in [7, 11) is 1.65. The Kier molecular flexibility index (Phi) is 12.1. The van der Waals surface area contributed by atoms with Gasteiger partial charge in [-0.1, -0.05) is 0 Å². The van der Waals surface area contributed by atoms with Crippen molar-refractivity contribution in [2.45, 2.75) is 32.8 Å². The molecule has 0 aromatic heterocycles. The molecular weight excluding hydrogens is 437 g/mol. The van der Waals surface area contributed by atoms with E-state index >= 15 is 0 Å². The average Bonchev–Trinajstić information content (AvgIpc) is 2.51. The van der Waals surface area contributed by atoms with Crippen molar-refractivity contribution < 1.29 is 14.3 Å². The molecule has 1 amide bonds. The van der Waals surface area contributed by atoms with Crippen molar-refractivity contribution in [1.29, 1.82) is 0 Å². The summed E-state index contributed by atoms with van der Waals surface area (Å²) in [5.74, 6) is 0.460. The summed E-state index contributed by atoms with van der Waals surface area (Å²) in [6, 6.07) is 0. The number of nitrogens with two attached hydrogens (primary N) is 1. The van der Waals surface area contributed by atoms with Crippen LogP contribution in [-0.2, 0) is 9.47 Å². The van der Waals surface area contributed by atoms with E-state index in [-0.39, 0.29) is 30.1 Å². The number of carbonyl (C=O) groups excluding carboxylic acids is 1. The van der Waals surface area contributed by atoms with Gasteiger partial charge in [-0.25, -0.2) is 4.79 Å². The maximum Gasteiger partial charge on any atom is 0.410 e. The van der Waals surface area contributed by atoms with Gasteiger partial charge >= 0.3 is 6.09 Å². The van der Waals surface area contributed by atoms with Crippen LogP contribution in [0, 0.1) is 0 Å². The molecule has 1 rings (SSSR count). The molecule has 1 aliphatic rings. The minimum atomic E-state index is -0.441. The molecule has 25 heavy (non-hydrogen) atoms. The Labute approximate surface area is 168 Å². The van der Waals surface area contributed by atoms with Crippen molar-refractivity contribution in [3.8, 4) is 0 Å². The first-order valence-corrected chi connectivity index (χ1v) is 8.55. The fraction of sp³-hybridized carbons (Fsp3) is 0.875. The van der Waals surface area contributed by atoms with E-state index in [0.29, 0.717) is 38.7 Å². The van der Waals surface area contributed by atoms with Gasteiger partial charge in [-0.2, -0.15) is 0 Å². The first-order chi connectivity index (χ1) is 11.3. The van der Waals surface area contributed by atoms with Gasteiger partial charge in [-0.05, 0) is 27.2 Å². The normalized spacial score (nSPS) is 16.3. The molecule has 8 nitrogen and oxygen atoms in total. The lowest BCUT2D eigenvalue weighted by Crippen LogP contribution is -2.50. The fourth-order valence-electron chi connectivity index (χ4n) is 2.31. The van der Waals surface area contributed by atoms with Crippen LogP contribution < -0.4 is 11.1 Å². The summed E-state index contributed by atoms with van der Waals surface area (Å²) in [6.07, 6.45) is 0.723. The van der Waals surface area contributed by atoms with Crippen molar-refractivity contribution in [2.24, 2.45) is 10.7 Å². The molecule has 0 aliphatic carbocycles. The average molecular weight is 471 g/mol. The summed E-state index contributed by atoms with van der Waals surface area (Å²) in [5.41, 5.74) is 5.31. The predicted octanol–water partition coefficient (Wildman–Crippen LogP) is 1.10. The molecule has 1 aliphatic heterocycles. The van der Waals surface area contributed by atoms with E-state index in [1.165, 1.54) is 0 Å². The topological polar surface area (TPSA) is 92.4 Å². The Hall–Kier alpha value is -0.810. The first kappa shape index (κ1) is 24.2. The number of nitrogens with one attached hydrogen (secondary N) is 1. The summed E-state index contributed by atoms with van der Waals surface area (Å²) in [6.45, 7) is 11.7. The number of halogens is 1. The van der Waals surface area contributed by atoms with Crippen LogP contribution in [-0.4, -0.2) is 87.0 Å². The highest BCUT2D eigenvalue weighted by atomic mass is 127. The van der Waals surface area contributed by atoms with Crippen LogP contribution in [0.25, 0.3) is 0 Å². The molecule has 0 radical (unpaired) electrons. The van der Waals surface area contributed by atoms with Crippen LogP contribution in [0.1, 0.15) is 27.2 Å². The Balaban J connectivity index is 0.00000576. The summed E-state index contributed by atoms with van der Waals surface area (Å²) in [4.78, 5) is 20.4. The third kappa shape index (κ3) is 11.4. The third-order valence-electron chi connectivity index (χ3n) is 3.55. The van der Waals surface area contributed by atoms with Gasteiger partial charge in [-0.15, -0.1) is 24.0 Å². The van der Waals surface area contributed by atoms with Gasteiger partial charge in [0.25, 0.3) is 0 Å². The van der Waals surface area contributed by atoms with Gasteiger partial charge in [0.15, 0.2) is 5.96 Å². The zero-order valence-electron chi connectivity index (χ0n) is 15.9. The van der Waals surface area contributed by atoms with Crippen molar-refractivity contribution >= 4 is 36.0 Å². The molecule has 0 atom stereocenters. The molecule has 3 N–H and O–H groups in total. The van der Waals surface area contributed by atoms with Crippen molar-refractivity contribution in [2.75, 3.05) is 59.5 Å². The lowest BCUT2D eigenvalue weighted by Gasteiger charge is -2.35. The Morgan fingerprint density at radius 3 is 2.44 bits per heavy atom. The van der Waals surface area contributed by atoms with Crippen LogP contribution in [0.4, 0.5) is 4.79 Å². The highest BCUT2D eigenvalue weighted by Gasteiger charge is 2.25. The quantitative estimate of drug-likeness (QED) is 0.250. The smallest absolute Gasteiger partial charge is 0.410 e. The standard InChI is InChI=1S/C16H33N5O3.HI/c1-16(2,3)24-15(22)21-11-9-20(10-12-21)8-5-6-18-14(17)19-7-13-23-4;/h5-13H2,1-4H3,(H3,17,18,19);1H. The van der Waals surface area contributed by atoms with Crippen molar-refractivity contribution in [1.82, 2.24) is 15.1 Å². The molecule has 148 valence electrons. The minimum Gasteiger partial charge on any atom is -0.444 e. The van der Waals surface area contributed by atoms with Gasteiger partial charge in [-0.3, -0.25) is 9.89 Å². The van der Waals surface area contributed by atoms with E-state index in [9.17, 15) is 4.79 Å². The molecule has 0 unspecified atom stereocenters. The maximum absolute atomic E-state index is 12.0. The predicted molar refractivity (Wildman–Crippen MR) is 111 cm³/mol. The number of nitrogens with zero attached hydrogens (tertiary/aromatic N) is 3. The van der Waals surface area contributed by atoms with E-state index in [1.807, 2.05) is 20.8 Å². The molecule has 1 fully saturated rings. The van der Waals surface area contributed by atoms with Gasteiger partial charge in [0.2, 0.25) is 0 Å². The monoisotopic (exact) mass is 471 g/mol. The lowest BCUT2D eigenvalue weighted by molar-refractivity contribution is 0.0145. The Morgan fingerprint density at radius 1 is 1.24 bits per heavy atom. The number of methoxy groups -OCH3 is 1. The summed E-state index contributed by atoms with van der Waals surface area (Å²) in [5, 5.41) is 2.99. The van der Waals surface area contributed by atoms with E-state index in [1.54, 1.807) is 12.0 Å². The van der Waals surface area contributed by atoms with E-state index < -0.39 is 5.60 Å². The van der Waals surface area contributed by atoms with Crippen molar-refractivity contribution in [3.05, 3.63) is 0 Å². The molecule has 1 heterocycles. The highest BCUT2D eigenvalue weighted by molar-refractivity contribution is 14.0. The van der Waals surface area contributed by atoms with Crippen LogP contribution >= 0.6 is 24.0 Å². The van der Waals surface area contributed by atoms with Gasteiger partial charge in [0.1, 0.15) is 5.60 Å². The largest absolute Gasteiger partial charge is 0.444 e. The van der Waals surface area contributed by atoms with E-state index in [0.717, 1.165) is 26.1 Å². The van der Waals surface area contributed by atoms with Crippen LogP contribution in [0.2, 0.25) is 0 Å². The first-order valence-electron chi connectivity index (χ1n) is 8.55. The van der Waals surface area contributed by atoms with Crippen LogP contribution in [0.5, 0.6) is 0 Å². The lowest BCUT2D eigenvalue weighted by atomic mass is 10.2. The number of aliphatic imine (C=N–C) groups is 1. The minimum absolute atomic E-state index is 0. The third-order valence-corrected chi connectivity index (χ3v) is 3.55. The number of guanidine groups is 1. The zero-order chi connectivity index (χ0) is 18.0. The highest BCUT2D eigenvalue weighted by Crippen LogP contribution is 2.11. The number of ether oxygens (including phenoxy) is 2. The Bertz CT molecular complexity index is 407. The van der Waals surface area contributed by atoms with Crippen LogP contribution in [0.15, 0.2) is 4.99 Å². The van der Waals surface area contributed by atoms with Crippen LogP contribution in [0.3, 0.4) is 0 Å². The van der Waals surface area contributed by atoms with Crippen molar-refractivity contribution in [3.63, 3.8) is 0 Å². The Morgan fingerprint density at radius 2 is 1.88 bits per heavy atom. The SMILES string of the molecule is COCCNC(N)=NCCCN1CCN(C(=O)OC(C)(C)C)CC1.I. The van der Waals surface area contributed by atoms with E-state index in [2.05, 4.69) is 15.2 Å². The number of amides is 1. The number of carbonyl (C=O) groups is 1. The molecule has 0 spiro atoms. The fourth-order valence-corrected chi connectivity index (χ4v) is 2.31.